The number of nitrogens with zero attached hydrogens (tertiary/aromatic N) is 5. The van der Waals surface area contributed by atoms with Crippen LogP contribution in [0.1, 0.15) is 0 Å². The second-order valence-electron chi connectivity index (χ2n) is 13.5. The fourth-order valence-corrected chi connectivity index (χ4v) is 7.78. The molecule has 6 heteroatoms. The summed E-state index contributed by atoms with van der Waals surface area (Å²) in [7, 11) is 0. The van der Waals surface area contributed by atoms with Crippen LogP contribution < -0.4 is 0 Å². The third-order valence-corrected chi connectivity index (χ3v) is 10.3. The first-order valence-electron chi connectivity index (χ1n) is 18.0. The molecule has 0 aliphatic heterocycles. The third kappa shape index (κ3) is 4.81. The first-order valence-corrected chi connectivity index (χ1v) is 18.0. The number of hydrogen-bond acceptors (Lipinski definition) is 5. The van der Waals surface area contributed by atoms with Crippen molar-refractivity contribution in [3.05, 3.63) is 176 Å². The molecular weight excluding hydrogens is 663 g/mol. The summed E-state index contributed by atoms with van der Waals surface area (Å²) < 4.78 is 9.03. The van der Waals surface area contributed by atoms with Gasteiger partial charge >= 0.3 is 0 Å². The molecule has 0 saturated heterocycles. The molecule has 0 spiro atoms. The van der Waals surface area contributed by atoms with Crippen molar-refractivity contribution in [3.8, 4) is 51.3 Å². The molecule has 0 aliphatic carbocycles. The molecule has 3 aromatic heterocycles. The highest BCUT2D eigenvalue weighted by molar-refractivity contribution is 6.13. The maximum absolute atomic E-state index is 6.72. The van der Waals surface area contributed by atoms with Crippen molar-refractivity contribution in [3.63, 3.8) is 0 Å². The van der Waals surface area contributed by atoms with E-state index in [0.717, 1.165) is 71.4 Å². The molecule has 0 radical (unpaired) electrons. The van der Waals surface area contributed by atoms with Crippen LogP contribution in [-0.4, -0.2) is 24.5 Å². The van der Waals surface area contributed by atoms with Crippen LogP contribution in [0.15, 0.2) is 180 Å². The number of benzene rings is 8. The van der Waals surface area contributed by atoms with Gasteiger partial charge in [-0.3, -0.25) is 0 Å². The molecule has 0 aliphatic rings. The van der Waals surface area contributed by atoms with E-state index in [1.165, 1.54) is 5.39 Å². The van der Waals surface area contributed by atoms with Crippen molar-refractivity contribution >= 4 is 54.5 Å². The van der Waals surface area contributed by atoms with E-state index in [9.17, 15) is 0 Å². The molecule has 6 nitrogen and oxygen atoms in total. The average Bonchev–Trinajstić information content (AvgIpc) is 3.83. The van der Waals surface area contributed by atoms with Gasteiger partial charge in [0.15, 0.2) is 23.1 Å². The van der Waals surface area contributed by atoms with Crippen LogP contribution in [0, 0.1) is 0 Å². The molecule has 0 atom stereocenters. The van der Waals surface area contributed by atoms with Crippen molar-refractivity contribution in [2.75, 3.05) is 0 Å². The summed E-state index contributed by atoms with van der Waals surface area (Å²) in [5, 5.41) is 6.86. The van der Waals surface area contributed by atoms with Gasteiger partial charge in [0.05, 0.1) is 16.6 Å². The van der Waals surface area contributed by atoms with Gasteiger partial charge in [-0.1, -0.05) is 121 Å². The van der Waals surface area contributed by atoms with Gasteiger partial charge in [0.1, 0.15) is 5.52 Å². The zero-order chi connectivity index (χ0) is 35.6. The Kier molecular flexibility index (Phi) is 6.75. The second-order valence-corrected chi connectivity index (χ2v) is 13.5. The molecule has 0 fully saturated rings. The number of aromatic nitrogens is 5. The lowest BCUT2D eigenvalue weighted by atomic mass is 9.97. The monoisotopic (exact) mass is 691 g/mol. The van der Waals surface area contributed by atoms with E-state index in [0.29, 0.717) is 28.9 Å². The number of fused-ring (bicyclic) bond motifs is 7. The fraction of sp³-hybridized carbons (Fsp3) is 0. The summed E-state index contributed by atoms with van der Waals surface area (Å²) in [5.74, 6) is 2.23. The molecule has 11 rings (SSSR count). The maximum atomic E-state index is 6.72. The molecule has 0 saturated carbocycles. The first-order chi connectivity index (χ1) is 26.8. The van der Waals surface area contributed by atoms with Crippen molar-refractivity contribution in [1.82, 2.24) is 24.5 Å². The number of rotatable bonds is 5. The number of para-hydroxylation sites is 3. The Balaban J connectivity index is 1.11. The largest absolute Gasteiger partial charge is 0.435 e. The van der Waals surface area contributed by atoms with Crippen molar-refractivity contribution < 1.29 is 4.42 Å². The highest BCUT2D eigenvalue weighted by atomic mass is 16.3. The van der Waals surface area contributed by atoms with Crippen LogP contribution in [0.4, 0.5) is 0 Å². The van der Waals surface area contributed by atoms with E-state index in [1.807, 2.05) is 54.6 Å². The van der Waals surface area contributed by atoms with Gasteiger partial charge in [0, 0.05) is 33.2 Å². The highest BCUT2D eigenvalue weighted by Gasteiger charge is 2.21. The minimum Gasteiger partial charge on any atom is -0.435 e. The minimum atomic E-state index is 0.516. The smallest absolute Gasteiger partial charge is 0.227 e. The van der Waals surface area contributed by atoms with Crippen LogP contribution >= 0.6 is 0 Å². The Morgan fingerprint density at radius 2 is 1.04 bits per heavy atom. The third-order valence-electron chi connectivity index (χ3n) is 10.3. The van der Waals surface area contributed by atoms with E-state index in [4.69, 9.17) is 24.4 Å². The summed E-state index contributed by atoms with van der Waals surface area (Å²) >= 11 is 0. The Morgan fingerprint density at radius 1 is 0.389 bits per heavy atom. The Bertz CT molecular complexity index is 3220. The van der Waals surface area contributed by atoms with Gasteiger partial charge in [-0.15, -0.1) is 0 Å². The lowest BCUT2D eigenvalue weighted by Crippen LogP contribution is -2.00. The lowest BCUT2D eigenvalue weighted by Gasteiger charge is -2.10. The van der Waals surface area contributed by atoms with Gasteiger partial charge in [-0.25, -0.2) is 19.9 Å². The molecule has 8 aromatic carbocycles. The first kappa shape index (κ1) is 30.2. The molecule has 0 N–H and O–H groups in total. The number of hydrogen-bond donors (Lipinski definition) is 0. The summed E-state index contributed by atoms with van der Waals surface area (Å²) in [6.07, 6.45) is 0. The summed E-state index contributed by atoms with van der Waals surface area (Å²) in [6.45, 7) is 0. The summed E-state index contributed by atoms with van der Waals surface area (Å²) in [6, 6.07) is 60.5. The fourth-order valence-electron chi connectivity index (χ4n) is 7.78. The molecule has 0 amide bonds. The molecule has 252 valence electrons. The van der Waals surface area contributed by atoms with Gasteiger partial charge in [0.2, 0.25) is 5.89 Å². The Hall–Kier alpha value is -7.44. The standard InChI is InChI=1S/C48H29N5O/c1-3-14-30(15-4-1)45-50-46(32-26-27-43-39(29-32)37-22-11-12-25-42(37)53(43)33-17-5-2-6-18-33)52-47(51-45)38-23-13-24-41-44(38)54-48(49-41)40-28-31-16-7-8-19-34(31)35-20-9-10-21-36(35)40/h1-29H. The summed E-state index contributed by atoms with van der Waals surface area (Å²) in [5.41, 5.74) is 8.22. The van der Waals surface area contributed by atoms with Crippen molar-refractivity contribution in [1.29, 1.82) is 0 Å². The normalized spacial score (nSPS) is 11.7. The highest BCUT2D eigenvalue weighted by Crippen LogP contribution is 2.39. The number of oxazole rings is 1. The predicted octanol–water partition coefficient (Wildman–Crippen LogP) is 12.1. The zero-order valence-corrected chi connectivity index (χ0v) is 28.9. The van der Waals surface area contributed by atoms with Gasteiger partial charge < -0.3 is 8.98 Å². The molecular formula is C48H29N5O. The maximum Gasteiger partial charge on any atom is 0.227 e. The minimum absolute atomic E-state index is 0.516. The SMILES string of the molecule is c1ccc(-c2nc(-c3ccc4c(c3)c3ccccc3n4-c3ccccc3)nc(-c3cccc4nc(-c5cc6ccccc6c6ccccc56)oc34)n2)cc1. The molecule has 3 heterocycles. The second kappa shape index (κ2) is 12.1. The van der Waals surface area contributed by atoms with E-state index in [2.05, 4.69) is 126 Å². The molecule has 0 bridgehead atoms. The van der Waals surface area contributed by atoms with Gasteiger partial charge in [0.25, 0.3) is 0 Å². The van der Waals surface area contributed by atoms with Crippen LogP contribution in [0.25, 0.3) is 106 Å². The van der Waals surface area contributed by atoms with E-state index in [-0.39, 0.29) is 0 Å². The Morgan fingerprint density at radius 3 is 1.87 bits per heavy atom. The van der Waals surface area contributed by atoms with E-state index in [1.54, 1.807) is 0 Å². The molecule has 11 aromatic rings. The van der Waals surface area contributed by atoms with Crippen LogP contribution in [0.2, 0.25) is 0 Å². The Labute approximate surface area is 309 Å². The topological polar surface area (TPSA) is 69.6 Å². The van der Waals surface area contributed by atoms with Crippen molar-refractivity contribution in [2.24, 2.45) is 0 Å². The molecule has 54 heavy (non-hydrogen) atoms. The molecule has 0 unspecified atom stereocenters. The average molecular weight is 692 g/mol. The summed E-state index contributed by atoms with van der Waals surface area (Å²) in [4.78, 5) is 20.3. The lowest BCUT2D eigenvalue weighted by molar-refractivity contribution is 0.621. The van der Waals surface area contributed by atoms with E-state index < -0.39 is 0 Å². The van der Waals surface area contributed by atoms with Crippen molar-refractivity contribution in [2.45, 2.75) is 0 Å². The van der Waals surface area contributed by atoms with E-state index >= 15 is 0 Å². The van der Waals surface area contributed by atoms with Crippen LogP contribution in [0.3, 0.4) is 0 Å². The van der Waals surface area contributed by atoms with Crippen LogP contribution in [-0.2, 0) is 0 Å². The van der Waals surface area contributed by atoms with Gasteiger partial charge in [-0.2, -0.15) is 0 Å². The quantitative estimate of drug-likeness (QED) is 0.168. The predicted molar refractivity (Wildman–Crippen MR) is 218 cm³/mol. The van der Waals surface area contributed by atoms with Gasteiger partial charge in [-0.05, 0) is 76.1 Å². The zero-order valence-electron chi connectivity index (χ0n) is 28.9. The van der Waals surface area contributed by atoms with Crippen LogP contribution in [0.5, 0.6) is 0 Å².